The maximum absolute atomic E-state index is 13.1. The molecule has 164 valence electrons. The molecule has 13 heteroatoms. The van der Waals surface area contributed by atoms with Gasteiger partial charge < -0.3 is 11.1 Å². The lowest BCUT2D eigenvalue weighted by atomic mass is 10.2. The van der Waals surface area contributed by atoms with Crippen molar-refractivity contribution < 1.29 is 18.0 Å². The van der Waals surface area contributed by atoms with Gasteiger partial charge in [0.1, 0.15) is 20.9 Å². The molecule has 0 bridgehead atoms. The van der Waals surface area contributed by atoms with Gasteiger partial charge in [0.25, 0.3) is 5.91 Å². The van der Waals surface area contributed by atoms with Crippen molar-refractivity contribution in [2.24, 2.45) is 5.73 Å². The summed E-state index contributed by atoms with van der Waals surface area (Å²) in [4.78, 5) is 26.2. The Morgan fingerprint density at radius 2 is 1.90 bits per heavy atom. The van der Waals surface area contributed by atoms with Gasteiger partial charge in [-0.2, -0.15) is 13.1 Å². The lowest BCUT2D eigenvalue weighted by molar-refractivity contribution is -0.121. The van der Waals surface area contributed by atoms with Gasteiger partial charge in [0, 0.05) is 26.2 Å². The van der Waals surface area contributed by atoms with Crippen LogP contribution in [0.2, 0.25) is 0 Å². The molecule has 1 aromatic carbocycles. The zero-order chi connectivity index (χ0) is 22.2. The number of hydrogen-bond acceptors (Lipinski definition) is 9. The summed E-state index contributed by atoms with van der Waals surface area (Å²) < 4.78 is 35.9. The van der Waals surface area contributed by atoms with E-state index in [1.54, 1.807) is 36.6 Å². The van der Waals surface area contributed by atoms with Crippen LogP contribution in [-0.4, -0.2) is 70.4 Å². The minimum absolute atomic E-state index is 0.148. The number of hydrogen-bond donors (Lipinski definition) is 2. The minimum Gasteiger partial charge on any atom is -0.366 e. The number of primary amides is 1. The number of rotatable bonds is 6. The number of benzene rings is 1. The zero-order valence-electron chi connectivity index (χ0n) is 16.5. The molecule has 3 heterocycles. The fraction of sp³-hybridized carbons (Fsp3) is 0.333. The van der Waals surface area contributed by atoms with E-state index >= 15 is 0 Å². The van der Waals surface area contributed by atoms with E-state index in [0.717, 1.165) is 11.7 Å². The molecular formula is C18H20N6O4S3. The Hall–Kier alpha value is -2.45. The second-order valence-corrected chi connectivity index (χ2v) is 10.4. The second-order valence-electron chi connectivity index (χ2n) is 7.02. The van der Waals surface area contributed by atoms with Crippen molar-refractivity contribution in [2.45, 2.75) is 17.9 Å². The number of nitrogens with zero attached hydrogens (tertiary/aromatic N) is 4. The summed E-state index contributed by atoms with van der Waals surface area (Å²) in [5.41, 5.74) is 6.52. The van der Waals surface area contributed by atoms with E-state index in [1.807, 2.05) is 4.90 Å². The number of piperazine rings is 1. The van der Waals surface area contributed by atoms with Crippen molar-refractivity contribution in [3.8, 4) is 0 Å². The highest BCUT2D eigenvalue weighted by atomic mass is 32.2. The van der Waals surface area contributed by atoms with Crippen LogP contribution in [0, 0.1) is 0 Å². The highest BCUT2D eigenvalue weighted by molar-refractivity contribution is 7.89. The molecule has 0 saturated carbocycles. The van der Waals surface area contributed by atoms with Gasteiger partial charge in [-0.1, -0.05) is 6.07 Å². The summed E-state index contributed by atoms with van der Waals surface area (Å²) in [6, 6.07) is 5.99. The number of carbonyl (C=O) groups is 2. The Labute approximate surface area is 187 Å². The molecular weight excluding hydrogens is 460 g/mol. The average Bonchev–Trinajstić information content (AvgIpc) is 3.42. The van der Waals surface area contributed by atoms with E-state index in [9.17, 15) is 18.0 Å². The molecule has 1 fully saturated rings. The van der Waals surface area contributed by atoms with Gasteiger partial charge in [-0.05, 0) is 30.5 Å². The molecule has 0 unspecified atom stereocenters. The second kappa shape index (κ2) is 8.59. The van der Waals surface area contributed by atoms with Crippen molar-refractivity contribution in [2.75, 3.05) is 31.5 Å². The van der Waals surface area contributed by atoms with E-state index in [1.165, 1.54) is 15.6 Å². The van der Waals surface area contributed by atoms with Gasteiger partial charge in [0.05, 0.1) is 23.3 Å². The van der Waals surface area contributed by atoms with Crippen LogP contribution in [0.3, 0.4) is 0 Å². The van der Waals surface area contributed by atoms with Gasteiger partial charge in [-0.3, -0.25) is 14.5 Å². The number of nitrogens with two attached hydrogens (primary N) is 1. The molecule has 3 N–H and O–H groups in total. The molecule has 3 aromatic rings. The van der Waals surface area contributed by atoms with Crippen LogP contribution < -0.4 is 11.1 Å². The Morgan fingerprint density at radius 3 is 2.61 bits per heavy atom. The molecule has 1 aliphatic rings. The quantitative estimate of drug-likeness (QED) is 0.540. The van der Waals surface area contributed by atoms with Gasteiger partial charge >= 0.3 is 0 Å². The normalized spacial score (nSPS) is 16.9. The first-order valence-electron chi connectivity index (χ1n) is 9.42. The first-order valence-corrected chi connectivity index (χ1v) is 12.5. The Balaban J connectivity index is 1.42. The number of anilines is 1. The largest absolute Gasteiger partial charge is 0.366 e. The standard InChI is InChI=1S/C18H20N6O4S3/c1-11(17(26)20-18-12(16(19)25)5-10-29-18)23-6-8-24(9-7-23)31(27,28)14-4-2-3-13-15(14)22-30-21-13/h2-5,10-11H,6-9H2,1H3,(H2,19,25)(H,20,26)/t11-/m1/s1. The van der Waals surface area contributed by atoms with Crippen molar-refractivity contribution in [3.63, 3.8) is 0 Å². The van der Waals surface area contributed by atoms with E-state index in [2.05, 4.69) is 14.1 Å². The van der Waals surface area contributed by atoms with Gasteiger partial charge in [-0.25, -0.2) is 8.42 Å². The maximum Gasteiger partial charge on any atom is 0.251 e. The molecule has 0 radical (unpaired) electrons. The monoisotopic (exact) mass is 480 g/mol. The minimum atomic E-state index is -3.72. The third-order valence-corrected chi connectivity index (χ3v) is 8.54. The van der Waals surface area contributed by atoms with Crippen LogP contribution in [0.25, 0.3) is 11.0 Å². The van der Waals surface area contributed by atoms with Crippen LogP contribution in [0.4, 0.5) is 5.00 Å². The number of carbonyl (C=O) groups excluding carboxylic acids is 2. The zero-order valence-corrected chi connectivity index (χ0v) is 19.0. The molecule has 10 nitrogen and oxygen atoms in total. The van der Waals surface area contributed by atoms with E-state index in [0.29, 0.717) is 29.1 Å². The fourth-order valence-electron chi connectivity index (χ4n) is 3.44. The molecule has 2 aromatic heterocycles. The van der Waals surface area contributed by atoms with Crippen molar-refractivity contribution >= 4 is 60.9 Å². The number of amides is 2. The van der Waals surface area contributed by atoms with Crippen molar-refractivity contribution in [1.29, 1.82) is 0 Å². The van der Waals surface area contributed by atoms with E-state index in [4.69, 9.17) is 5.73 Å². The first kappa shape index (κ1) is 21.8. The summed E-state index contributed by atoms with van der Waals surface area (Å²) in [5, 5.41) is 4.84. The lowest BCUT2D eigenvalue weighted by Gasteiger charge is -2.36. The number of sulfonamides is 1. The van der Waals surface area contributed by atoms with Crippen LogP contribution >= 0.6 is 23.1 Å². The van der Waals surface area contributed by atoms with Gasteiger partial charge in [0.2, 0.25) is 15.9 Å². The van der Waals surface area contributed by atoms with E-state index in [-0.39, 0.29) is 29.5 Å². The third kappa shape index (κ3) is 4.19. The lowest BCUT2D eigenvalue weighted by Crippen LogP contribution is -2.53. The van der Waals surface area contributed by atoms with Crippen molar-refractivity contribution in [1.82, 2.24) is 18.0 Å². The Morgan fingerprint density at radius 1 is 1.16 bits per heavy atom. The third-order valence-electron chi connectivity index (χ3n) is 5.23. The molecule has 1 atom stereocenters. The van der Waals surface area contributed by atoms with Gasteiger partial charge in [-0.15, -0.1) is 11.3 Å². The summed E-state index contributed by atoms with van der Waals surface area (Å²) in [6.45, 7) is 3.04. The summed E-state index contributed by atoms with van der Waals surface area (Å²) in [5.74, 6) is -0.882. The Kier molecular flexibility index (Phi) is 6.03. The molecule has 0 aliphatic carbocycles. The SMILES string of the molecule is C[C@H](C(=O)Nc1sccc1C(N)=O)N1CCN(S(=O)(=O)c2cccc3nsnc23)CC1. The highest BCUT2D eigenvalue weighted by Crippen LogP contribution is 2.26. The molecule has 31 heavy (non-hydrogen) atoms. The first-order chi connectivity index (χ1) is 14.8. The number of nitrogens with one attached hydrogen (secondary N) is 1. The smallest absolute Gasteiger partial charge is 0.251 e. The molecule has 1 saturated heterocycles. The topological polar surface area (TPSA) is 139 Å². The highest BCUT2D eigenvalue weighted by Gasteiger charge is 2.33. The number of thiophene rings is 1. The van der Waals surface area contributed by atoms with Crippen LogP contribution in [0.15, 0.2) is 34.5 Å². The predicted molar refractivity (Wildman–Crippen MR) is 119 cm³/mol. The number of fused-ring (bicyclic) bond motifs is 1. The molecule has 0 spiro atoms. The van der Waals surface area contributed by atoms with Crippen LogP contribution in [0.5, 0.6) is 0 Å². The molecule has 1 aliphatic heterocycles. The summed E-state index contributed by atoms with van der Waals surface area (Å²) >= 11 is 2.20. The van der Waals surface area contributed by atoms with Crippen LogP contribution in [-0.2, 0) is 14.8 Å². The van der Waals surface area contributed by atoms with E-state index < -0.39 is 22.0 Å². The average molecular weight is 481 g/mol. The van der Waals surface area contributed by atoms with Crippen LogP contribution in [0.1, 0.15) is 17.3 Å². The molecule has 2 amide bonds. The maximum atomic E-state index is 13.1. The Bertz CT molecular complexity index is 1230. The fourth-order valence-corrected chi connectivity index (χ4v) is 6.41. The van der Waals surface area contributed by atoms with Crippen molar-refractivity contribution in [3.05, 3.63) is 35.2 Å². The summed E-state index contributed by atoms with van der Waals surface area (Å²) in [7, 11) is -3.72. The van der Waals surface area contributed by atoms with Gasteiger partial charge in [0.15, 0.2) is 0 Å². The summed E-state index contributed by atoms with van der Waals surface area (Å²) in [6.07, 6.45) is 0. The molecule has 4 rings (SSSR count). The number of aromatic nitrogens is 2. The predicted octanol–water partition coefficient (Wildman–Crippen LogP) is 1.19.